The Bertz CT molecular complexity index is 367. The van der Waals surface area contributed by atoms with Crippen LogP contribution in [0.3, 0.4) is 0 Å². The van der Waals surface area contributed by atoms with Crippen molar-refractivity contribution in [1.29, 1.82) is 0 Å². The Morgan fingerprint density at radius 3 is 2.26 bits per heavy atom. The molecule has 0 bridgehead atoms. The van der Waals surface area contributed by atoms with Crippen molar-refractivity contribution in [2.75, 3.05) is 6.54 Å². The lowest BCUT2D eigenvalue weighted by Gasteiger charge is -2.38. The predicted octanol–water partition coefficient (Wildman–Crippen LogP) is 1.86. The number of hydrogen-bond donors (Lipinski definition) is 1. The third kappa shape index (κ3) is 2.55. The van der Waals surface area contributed by atoms with Gasteiger partial charge in [-0.05, 0) is 43.4 Å². The van der Waals surface area contributed by atoms with Crippen molar-refractivity contribution < 1.29 is 14.7 Å². The van der Waals surface area contributed by atoms with E-state index < -0.39 is 0 Å². The van der Waals surface area contributed by atoms with E-state index in [4.69, 9.17) is 0 Å². The molecule has 4 nitrogen and oxygen atoms in total. The molecule has 2 aliphatic carbocycles. The van der Waals surface area contributed by atoms with Crippen LogP contribution in [0.1, 0.15) is 57.8 Å². The summed E-state index contributed by atoms with van der Waals surface area (Å²) in [5.74, 6) is 0.361. The topological polar surface area (TPSA) is 57.6 Å². The summed E-state index contributed by atoms with van der Waals surface area (Å²) in [6, 6.07) is 0. The Hall–Kier alpha value is -0.900. The summed E-state index contributed by atoms with van der Waals surface area (Å²) in [7, 11) is 0. The second-order valence-corrected chi connectivity index (χ2v) is 6.79. The fourth-order valence-electron chi connectivity index (χ4n) is 4.19. The van der Waals surface area contributed by atoms with Crippen LogP contribution in [0.5, 0.6) is 0 Å². The molecule has 106 valence electrons. The first kappa shape index (κ1) is 13.1. The Morgan fingerprint density at radius 2 is 1.74 bits per heavy atom. The number of carbonyl (C=O) groups is 2. The van der Waals surface area contributed by atoms with Gasteiger partial charge >= 0.3 is 0 Å². The number of aliphatic hydroxyl groups is 1. The van der Waals surface area contributed by atoms with Crippen molar-refractivity contribution in [3.05, 3.63) is 0 Å². The summed E-state index contributed by atoms with van der Waals surface area (Å²) < 4.78 is 0. The minimum atomic E-state index is -0.235. The minimum absolute atomic E-state index is 0.000142. The summed E-state index contributed by atoms with van der Waals surface area (Å²) in [5, 5.41) is 9.54. The maximum absolute atomic E-state index is 12.3. The van der Waals surface area contributed by atoms with Gasteiger partial charge in [0.25, 0.3) is 0 Å². The van der Waals surface area contributed by atoms with E-state index in [2.05, 4.69) is 0 Å². The van der Waals surface area contributed by atoms with Gasteiger partial charge in [0.15, 0.2) is 0 Å². The molecule has 19 heavy (non-hydrogen) atoms. The fraction of sp³-hybridized carbons (Fsp3) is 0.867. The molecule has 4 heteroatoms. The van der Waals surface area contributed by atoms with E-state index in [9.17, 15) is 14.7 Å². The number of likely N-dealkylation sites (tertiary alicyclic amines) is 1. The van der Waals surface area contributed by atoms with Gasteiger partial charge in [-0.1, -0.05) is 12.8 Å². The summed E-state index contributed by atoms with van der Waals surface area (Å²) in [5.41, 5.74) is -0.000142. The zero-order chi connectivity index (χ0) is 13.5. The van der Waals surface area contributed by atoms with Crippen LogP contribution < -0.4 is 0 Å². The molecular formula is C15H23NO3. The van der Waals surface area contributed by atoms with Crippen molar-refractivity contribution in [3.63, 3.8) is 0 Å². The molecule has 3 fully saturated rings. The SMILES string of the molecule is O=C1CC2(CCCC2)CC(=O)N1CC1CCC(O)C1. The highest BCUT2D eigenvalue weighted by Crippen LogP contribution is 2.47. The molecule has 1 aliphatic heterocycles. The van der Waals surface area contributed by atoms with Crippen LogP contribution in [0, 0.1) is 11.3 Å². The number of hydrogen-bond acceptors (Lipinski definition) is 3. The van der Waals surface area contributed by atoms with E-state index in [0.717, 1.165) is 44.9 Å². The average molecular weight is 265 g/mol. The van der Waals surface area contributed by atoms with Crippen LogP contribution >= 0.6 is 0 Å². The van der Waals surface area contributed by atoms with Gasteiger partial charge in [0, 0.05) is 19.4 Å². The van der Waals surface area contributed by atoms with Crippen LogP contribution in [-0.4, -0.2) is 34.5 Å². The van der Waals surface area contributed by atoms with Crippen LogP contribution in [-0.2, 0) is 9.59 Å². The first-order valence-corrected chi connectivity index (χ1v) is 7.59. The third-order valence-corrected chi connectivity index (χ3v) is 5.27. The number of aliphatic hydroxyl groups excluding tert-OH is 1. The molecular weight excluding hydrogens is 242 g/mol. The number of amides is 2. The first-order chi connectivity index (χ1) is 9.08. The highest BCUT2D eigenvalue weighted by atomic mass is 16.3. The van der Waals surface area contributed by atoms with Crippen molar-refractivity contribution >= 4 is 11.8 Å². The number of rotatable bonds is 2. The monoisotopic (exact) mass is 265 g/mol. The molecule has 2 unspecified atom stereocenters. The molecule has 3 aliphatic rings. The van der Waals surface area contributed by atoms with Crippen molar-refractivity contribution in [2.24, 2.45) is 11.3 Å². The largest absolute Gasteiger partial charge is 0.393 e. The smallest absolute Gasteiger partial charge is 0.229 e. The van der Waals surface area contributed by atoms with Gasteiger partial charge in [-0.15, -0.1) is 0 Å². The van der Waals surface area contributed by atoms with E-state index in [-0.39, 0.29) is 23.3 Å². The molecule has 0 aromatic rings. The van der Waals surface area contributed by atoms with Crippen molar-refractivity contribution in [1.82, 2.24) is 4.90 Å². The summed E-state index contributed by atoms with van der Waals surface area (Å²) in [6.45, 7) is 0.533. The maximum Gasteiger partial charge on any atom is 0.229 e. The molecule has 2 amide bonds. The third-order valence-electron chi connectivity index (χ3n) is 5.27. The molecule has 0 aromatic heterocycles. The van der Waals surface area contributed by atoms with Gasteiger partial charge in [-0.2, -0.15) is 0 Å². The fourth-order valence-corrected chi connectivity index (χ4v) is 4.19. The molecule has 2 atom stereocenters. The predicted molar refractivity (Wildman–Crippen MR) is 70.2 cm³/mol. The van der Waals surface area contributed by atoms with E-state index in [1.54, 1.807) is 0 Å². The van der Waals surface area contributed by atoms with Gasteiger partial charge in [-0.3, -0.25) is 14.5 Å². The second kappa shape index (κ2) is 4.89. The second-order valence-electron chi connectivity index (χ2n) is 6.79. The molecule has 1 saturated heterocycles. The van der Waals surface area contributed by atoms with Gasteiger partial charge in [0.1, 0.15) is 0 Å². The Labute approximate surface area is 114 Å². The Morgan fingerprint density at radius 1 is 1.11 bits per heavy atom. The average Bonchev–Trinajstić information content (AvgIpc) is 2.94. The zero-order valence-electron chi connectivity index (χ0n) is 11.4. The first-order valence-electron chi connectivity index (χ1n) is 7.59. The molecule has 1 heterocycles. The normalized spacial score (nSPS) is 34.5. The van der Waals surface area contributed by atoms with Crippen LogP contribution in [0.4, 0.5) is 0 Å². The van der Waals surface area contributed by atoms with Gasteiger partial charge in [-0.25, -0.2) is 0 Å². The van der Waals surface area contributed by atoms with E-state index >= 15 is 0 Å². The molecule has 0 radical (unpaired) electrons. The lowest BCUT2D eigenvalue weighted by molar-refractivity contribution is -0.154. The summed E-state index contributed by atoms with van der Waals surface area (Å²) in [6.07, 6.45) is 7.78. The van der Waals surface area contributed by atoms with E-state index in [0.29, 0.717) is 25.3 Å². The van der Waals surface area contributed by atoms with Gasteiger partial charge in [0.2, 0.25) is 11.8 Å². The summed E-state index contributed by atoms with van der Waals surface area (Å²) >= 11 is 0. The zero-order valence-corrected chi connectivity index (χ0v) is 11.4. The number of piperidine rings is 1. The van der Waals surface area contributed by atoms with E-state index in [1.165, 1.54) is 4.90 Å². The van der Waals surface area contributed by atoms with Crippen LogP contribution in [0.2, 0.25) is 0 Å². The number of nitrogens with zero attached hydrogens (tertiary/aromatic N) is 1. The lowest BCUT2D eigenvalue weighted by Crippen LogP contribution is -2.48. The molecule has 3 rings (SSSR count). The number of carbonyl (C=O) groups excluding carboxylic acids is 2. The molecule has 2 saturated carbocycles. The quantitative estimate of drug-likeness (QED) is 0.775. The van der Waals surface area contributed by atoms with Gasteiger partial charge < -0.3 is 5.11 Å². The number of imide groups is 1. The van der Waals surface area contributed by atoms with Crippen LogP contribution in [0.25, 0.3) is 0 Å². The van der Waals surface area contributed by atoms with Crippen LogP contribution in [0.15, 0.2) is 0 Å². The standard InChI is InChI=1S/C15H23NO3/c17-12-4-3-11(7-12)10-16-13(18)8-15(9-14(16)19)5-1-2-6-15/h11-12,17H,1-10H2. The highest BCUT2D eigenvalue weighted by Gasteiger charge is 2.45. The van der Waals surface area contributed by atoms with Gasteiger partial charge in [0.05, 0.1) is 6.10 Å². The Kier molecular flexibility index (Phi) is 3.37. The van der Waals surface area contributed by atoms with E-state index in [1.807, 2.05) is 0 Å². The Balaban J connectivity index is 1.64. The highest BCUT2D eigenvalue weighted by molar-refractivity contribution is 5.98. The summed E-state index contributed by atoms with van der Waals surface area (Å²) in [4.78, 5) is 26.0. The molecule has 1 spiro atoms. The van der Waals surface area contributed by atoms with Crippen molar-refractivity contribution in [3.8, 4) is 0 Å². The lowest BCUT2D eigenvalue weighted by atomic mass is 9.76. The minimum Gasteiger partial charge on any atom is -0.393 e. The maximum atomic E-state index is 12.3. The molecule has 1 N–H and O–H groups in total. The van der Waals surface area contributed by atoms with Crippen molar-refractivity contribution in [2.45, 2.75) is 63.9 Å². The molecule has 0 aromatic carbocycles.